The van der Waals surface area contributed by atoms with E-state index in [-0.39, 0.29) is 10.6 Å². The van der Waals surface area contributed by atoms with Gasteiger partial charge in [-0.25, -0.2) is 0 Å². The number of benzene rings is 1. The predicted octanol–water partition coefficient (Wildman–Crippen LogP) is 2.40. The molecule has 1 fully saturated rings. The van der Waals surface area contributed by atoms with Gasteiger partial charge in [-0.3, -0.25) is 25.0 Å². The maximum atomic E-state index is 11.5. The molecular formula is C12H7N3O4S. The average molecular weight is 289 g/mol. The lowest BCUT2D eigenvalue weighted by molar-refractivity contribution is -0.384. The van der Waals surface area contributed by atoms with E-state index in [2.05, 4.69) is 10.3 Å². The summed E-state index contributed by atoms with van der Waals surface area (Å²) in [6.07, 6.45) is 3.17. The van der Waals surface area contributed by atoms with Crippen LogP contribution in [0.25, 0.3) is 17.0 Å². The van der Waals surface area contributed by atoms with Gasteiger partial charge in [-0.2, -0.15) is 0 Å². The van der Waals surface area contributed by atoms with Gasteiger partial charge in [0.15, 0.2) is 0 Å². The van der Waals surface area contributed by atoms with Crippen LogP contribution < -0.4 is 5.32 Å². The lowest BCUT2D eigenvalue weighted by Crippen LogP contribution is -2.17. The van der Waals surface area contributed by atoms with Crippen molar-refractivity contribution in [2.75, 3.05) is 0 Å². The largest absolute Gasteiger partial charge is 0.361 e. The monoisotopic (exact) mass is 289 g/mol. The number of thioether (sulfide) groups is 1. The van der Waals surface area contributed by atoms with Gasteiger partial charge in [-0.15, -0.1) is 0 Å². The normalized spacial score (nSPS) is 16.9. The molecule has 0 unspecified atom stereocenters. The van der Waals surface area contributed by atoms with Crippen LogP contribution in [-0.2, 0) is 4.79 Å². The minimum atomic E-state index is -0.482. The molecule has 0 aliphatic carbocycles. The first-order valence-electron chi connectivity index (χ1n) is 5.55. The molecule has 3 rings (SSSR count). The number of amides is 2. The Morgan fingerprint density at radius 1 is 1.30 bits per heavy atom. The highest BCUT2D eigenvalue weighted by Gasteiger charge is 2.25. The Bertz CT molecular complexity index is 793. The summed E-state index contributed by atoms with van der Waals surface area (Å²) < 4.78 is 0. The summed E-state index contributed by atoms with van der Waals surface area (Å²) in [4.78, 5) is 36.1. The molecule has 0 saturated carbocycles. The SMILES string of the molecule is O=C1NC(=O)C(=Cc2c[nH]c3ccc([N+](=O)[O-])cc23)S1. The van der Waals surface area contributed by atoms with Crippen molar-refractivity contribution in [3.05, 3.63) is 45.0 Å². The van der Waals surface area contributed by atoms with Crippen LogP contribution in [0.3, 0.4) is 0 Å². The molecule has 7 nitrogen and oxygen atoms in total. The molecule has 1 saturated heterocycles. The van der Waals surface area contributed by atoms with E-state index in [4.69, 9.17) is 0 Å². The van der Waals surface area contributed by atoms with Crippen LogP contribution >= 0.6 is 11.8 Å². The second-order valence-corrected chi connectivity index (χ2v) is 5.10. The first-order valence-corrected chi connectivity index (χ1v) is 6.36. The summed E-state index contributed by atoms with van der Waals surface area (Å²) in [5.74, 6) is -0.459. The zero-order valence-corrected chi connectivity index (χ0v) is 10.7. The Hall–Kier alpha value is -2.61. The summed E-state index contributed by atoms with van der Waals surface area (Å²) >= 11 is 0.805. The van der Waals surface area contributed by atoms with Gasteiger partial charge in [0.1, 0.15) is 0 Å². The number of nitro benzene ring substituents is 1. The van der Waals surface area contributed by atoms with Gasteiger partial charge in [0.2, 0.25) is 0 Å². The van der Waals surface area contributed by atoms with E-state index in [9.17, 15) is 19.7 Å². The van der Waals surface area contributed by atoms with Crippen LogP contribution in [0.5, 0.6) is 0 Å². The molecule has 2 aromatic rings. The maximum Gasteiger partial charge on any atom is 0.290 e. The molecule has 1 aliphatic heterocycles. The van der Waals surface area contributed by atoms with Gasteiger partial charge >= 0.3 is 0 Å². The van der Waals surface area contributed by atoms with E-state index < -0.39 is 16.1 Å². The van der Waals surface area contributed by atoms with Crippen LogP contribution in [0.1, 0.15) is 5.56 Å². The number of rotatable bonds is 2. The summed E-state index contributed by atoms with van der Waals surface area (Å²) in [7, 11) is 0. The van der Waals surface area contributed by atoms with Crippen LogP contribution in [0, 0.1) is 10.1 Å². The standard InChI is InChI=1S/C12H7N3O4S/c16-11-10(20-12(17)14-11)3-6-5-13-9-2-1-7(15(18)19)4-8(6)9/h1-5,13H,(H,14,16,17). The molecule has 2 N–H and O–H groups in total. The van der Waals surface area contributed by atoms with Crippen LogP contribution in [-0.4, -0.2) is 21.1 Å². The third kappa shape index (κ3) is 2.05. The van der Waals surface area contributed by atoms with Crippen molar-refractivity contribution in [1.82, 2.24) is 10.3 Å². The van der Waals surface area contributed by atoms with Gasteiger partial charge in [0, 0.05) is 34.8 Å². The molecule has 2 amide bonds. The Labute approximate surface area is 116 Å². The number of hydrogen-bond donors (Lipinski definition) is 2. The van der Waals surface area contributed by atoms with Gasteiger partial charge in [0.25, 0.3) is 16.8 Å². The van der Waals surface area contributed by atoms with Crippen molar-refractivity contribution in [3.63, 3.8) is 0 Å². The van der Waals surface area contributed by atoms with E-state index in [0.29, 0.717) is 10.9 Å². The Balaban J connectivity index is 2.10. The lowest BCUT2D eigenvalue weighted by Gasteiger charge is -1.95. The highest BCUT2D eigenvalue weighted by atomic mass is 32.2. The molecule has 0 atom stereocenters. The zero-order chi connectivity index (χ0) is 14.3. The summed E-state index contributed by atoms with van der Waals surface area (Å²) in [5.41, 5.74) is 1.31. The van der Waals surface area contributed by atoms with E-state index in [1.165, 1.54) is 18.2 Å². The molecule has 2 heterocycles. The van der Waals surface area contributed by atoms with Crippen molar-refractivity contribution in [2.45, 2.75) is 0 Å². The number of imide groups is 1. The van der Waals surface area contributed by atoms with Crippen molar-refractivity contribution >= 4 is 45.6 Å². The lowest BCUT2D eigenvalue weighted by atomic mass is 10.1. The predicted molar refractivity (Wildman–Crippen MR) is 74.1 cm³/mol. The molecule has 0 radical (unpaired) electrons. The first-order chi connectivity index (χ1) is 9.54. The summed E-state index contributed by atoms with van der Waals surface area (Å²) in [6, 6.07) is 4.43. The second-order valence-electron chi connectivity index (χ2n) is 4.08. The molecule has 0 spiro atoms. The Morgan fingerprint density at radius 2 is 2.10 bits per heavy atom. The number of carbonyl (C=O) groups is 2. The topological polar surface area (TPSA) is 105 Å². The number of nitro groups is 1. The number of nitrogens with zero attached hydrogens (tertiary/aromatic N) is 1. The number of aromatic amines is 1. The van der Waals surface area contributed by atoms with Gasteiger partial charge in [0.05, 0.1) is 9.83 Å². The molecular weight excluding hydrogens is 282 g/mol. The van der Waals surface area contributed by atoms with E-state index >= 15 is 0 Å². The molecule has 0 bridgehead atoms. The number of H-pyrrole nitrogens is 1. The van der Waals surface area contributed by atoms with Gasteiger partial charge < -0.3 is 4.98 Å². The highest BCUT2D eigenvalue weighted by Crippen LogP contribution is 2.29. The third-order valence-corrected chi connectivity index (χ3v) is 3.65. The number of nitrogens with one attached hydrogen (secondary N) is 2. The van der Waals surface area contributed by atoms with Crippen molar-refractivity contribution < 1.29 is 14.5 Å². The zero-order valence-electron chi connectivity index (χ0n) is 9.88. The van der Waals surface area contributed by atoms with Crippen molar-refractivity contribution in [1.29, 1.82) is 0 Å². The number of hydrogen-bond acceptors (Lipinski definition) is 5. The fourth-order valence-corrected chi connectivity index (χ4v) is 2.60. The maximum absolute atomic E-state index is 11.5. The number of fused-ring (bicyclic) bond motifs is 1. The fraction of sp³-hybridized carbons (Fsp3) is 0. The van der Waals surface area contributed by atoms with E-state index in [1.54, 1.807) is 12.3 Å². The van der Waals surface area contributed by atoms with E-state index in [0.717, 1.165) is 17.3 Å². The Morgan fingerprint density at radius 3 is 2.75 bits per heavy atom. The molecule has 1 aliphatic rings. The first kappa shape index (κ1) is 12.4. The summed E-state index contributed by atoms with van der Waals surface area (Å²) in [6.45, 7) is 0. The van der Waals surface area contributed by atoms with Crippen LogP contribution in [0.15, 0.2) is 29.3 Å². The van der Waals surface area contributed by atoms with Crippen LogP contribution in [0.4, 0.5) is 10.5 Å². The van der Waals surface area contributed by atoms with Gasteiger partial charge in [-0.05, 0) is 23.9 Å². The average Bonchev–Trinajstić information content (AvgIpc) is 2.93. The Kier molecular flexibility index (Phi) is 2.79. The van der Waals surface area contributed by atoms with Crippen molar-refractivity contribution in [2.24, 2.45) is 0 Å². The number of carbonyl (C=O) groups excluding carboxylic acids is 2. The second kappa shape index (κ2) is 4.49. The summed E-state index contributed by atoms with van der Waals surface area (Å²) in [5, 5.41) is 13.1. The minimum absolute atomic E-state index is 0.0312. The number of non-ortho nitro benzene ring substituents is 1. The van der Waals surface area contributed by atoms with Crippen molar-refractivity contribution in [3.8, 4) is 0 Å². The molecule has 1 aromatic carbocycles. The third-order valence-electron chi connectivity index (χ3n) is 2.84. The fourth-order valence-electron chi connectivity index (χ4n) is 1.93. The smallest absolute Gasteiger partial charge is 0.290 e. The van der Waals surface area contributed by atoms with E-state index in [1.807, 2.05) is 0 Å². The number of aromatic nitrogens is 1. The van der Waals surface area contributed by atoms with Gasteiger partial charge in [-0.1, -0.05) is 0 Å². The molecule has 8 heteroatoms. The molecule has 100 valence electrons. The van der Waals surface area contributed by atoms with Crippen LogP contribution in [0.2, 0.25) is 0 Å². The highest BCUT2D eigenvalue weighted by molar-refractivity contribution is 8.18. The molecule has 1 aromatic heterocycles. The minimum Gasteiger partial charge on any atom is -0.361 e. The molecule has 20 heavy (non-hydrogen) atoms. The quantitative estimate of drug-likeness (QED) is 0.501.